The Bertz CT molecular complexity index is 1280. The van der Waals surface area contributed by atoms with Gasteiger partial charge in [0.1, 0.15) is 12.4 Å². The standard InChI is InChI=1S/C27H32N2O4S/c1-18(2)23-8-6-7-9-25(23)33-15-14-28-27(30)22-13-12-21(5)26(17-22)34(31,32)29-24-16-19(3)10-11-20(24)4/h6-13,16-18,29H,14-15H2,1-5H3,(H,28,30). The SMILES string of the molecule is Cc1ccc(C)c(NS(=O)(=O)c2cc(C(=O)NCCOc3ccccc3C(C)C)ccc2C)c1. The van der Waals surface area contributed by atoms with E-state index >= 15 is 0 Å². The summed E-state index contributed by atoms with van der Waals surface area (Å²) in [6, 6.07) is 18.1. The van der Waals surface area contributed by atoms with Crippen LogP contribution >= 0.6 is 0 Å². The molecule has 0 atom stereocenters. The van der Waals surface area contributed by atoms with Crippen LogP contribution < -0.4 is 14.8 Å². The average molecular weight is 481 g/mol. The van der Waals surface area contributed by atoms with E-state index in [9.17, 15) is 13.2 Å². The molecule has 0 saturated carbocycles. The molecule has 0 heterocycles. The molecular formula is C27H32N2O4S. The second-order valence-electron chi connectivity index (χ2n) is 8.70. The van der Waals surface area contributed by atoms with Gasteiger partial charge in [-0.15, -0.1) is 0 Å². The Kier molecular flexibility index (Phi) is 7.99. The van der Waals surface area contributed by atoms with Crippen molar-refractivity contribution in [1.29, 1.82) is 0 Å². The molecule has 3 aromatic rings. The maximum Gasteiger partial charge on any atom is 0.262 e. The first kappa shape index (κ1) is 25.3. The summed E-state index contributed by atoms with van der Waals surface area (Å²) in [6.45, 7) is 10.3. The predicted octanol–water partition coefficient (Wildman–Crippen LogP) is 5.34. The molecule has 0 fully saturated rings. The molecule has 0 aliphatic carbocycles. The van der Waals surface area contributed by atoms with Crippen molar-refractivity contribution in [1.82, 2.24) is 5.32 Å². The molecule has 0 bridgehead atoms. The van der Waals surface area contributed by atoms with Crippen LogP contribution in [0.5, 0.6) is 5.75 Å². The van der Waals surface area contributed by atoms with Gasteiger partial charge in [0.25, 0.3) is 15.9 Å². The van der Waals surface area contributed by atoms with Crippen molar-refractivity contribution in [2.24, 2.45) is 0 Å². The topological polar surface area (TPSA) is 84.5 Å². The van der Waals surface area contributed by atoms with E-state index in [-0.39, 0.29) is 16.4 Å². The van der Waals surface area contributed by atoms with Crippen molar-refractivity contribution in [2.45, 2.75) is 45.4 Å². The maximum atomic E-state index is 13.1. The fourth-order valence-corrected chi connectivity index (χ4v) is 4.99. The zero-order valence-corrected chi connectivity index (χ0v) is 21.1. The number of rotatable bonds is 9. The number of amides is 1. The lowest BCUT2D eigenvalue weighted by Gasteiger charge is -2.15. The van der Waals surface area contributed by atoms with Gasteiger partial charge in [0, 0.05) is 5.56 Å². The summed E-state index contributed by atoms with van der Waals surface area (Å²) in [4.78, 5) is 12.8. The molecule has 3 rings (SSSR count). The molecule has 2 N–H and O–H groups in total. The van der Waals surface area contributed by atoms with E-state index in [0.29, 0.717) is 30.3 Å². The van der Waals surface area contributed by atoms with E-state index < -0.39 is 10.0 Å². The monoisotopic (exact) mass is 480 g/mol. The van der Waals surface area contributed by atoms with E-state index in [1.54, 1.807) is 25.1 Å². The van der Waals surface area contributed by atoms with Crippen molar-refractivity contribution in [3.05, 3.63) is 88.5 Å². The second kappa shape index (κ2) is 10.7. The number of hydrogen-bond donors (Lipinski definition) is 2. The van der Waals surface area contributed by atoms with Gasteiger partial charge in [-0.25, -0.2) is 8.42 Å². The van der Waals surface area contributed by atoms with Crippen LogP contribution in [-0.4, -0.2) is 27.5 Å². The van der Waals surface area contributed by atoms with Gasteiger partial charge in [-0.3, -0.25) is 9.52 Å². The summed E-state index contributed by atoms with van der Waals surface area (Å²) >= 11 is 0. The third-order valence-corrected chi connectivity index (χ3v) is 7.07. The number of sulfonamides is 1. The Morgan fingerprint density at radius 1 is 0.941 bits per heavy atom. The molecule has 6 nitrogen and oxygen atoms in total. The van der Waals surface area contributed by atoms with Gasteiger partial charge < -0.3 is 10.1 Å². The number of benzene rings is 3. The number of anilines is 1. The average Bonchev–Trinajstić information content (AvgIpc) is 2.79. The van der Waals surface area contributed by atoms with Gasteiger partial charge in [0.05, 0.1) is 17.1 Å². The molecule has 0 aromatic heterocycles. The van der Waals surface area contributed by atoms with E-state index in [0.717, 1.165) is 22.4 Å². The summed E-state index contributed by atoms with van der Waals surface area (Å²) < 4.78 is 34.7. The summed E-state index contributed by atoms with van der Waals surface area (Å²) in [5.41, 5.74) is 4.23. The number of carbonyl (C=O) groups excluding carboxylic acids is 1. The first-order valence-electron chi connectivity index (χ1n) is 11.3. The summed E-state index contributed by atoms with van der Waals surface area (Å²) in [7, 11) is -3.87. The number of hydrogen-bond acceptors (Lipinski definition) is 4. The van der Waals surface area contributed by atoms with Gasteiger partial charge in [0.15, 0.2) is 0 Å². The molecule has 7 heteroatoms. The van der Waals surface area contributed by atoms with E-state index in [2.05, 4.69) is 23.9 Å². The Labute approximate surface area is 202 Å². The number of para-hydroxylation sites is 1. The quantitative estimate of drug-likeness (QED) is 0.405. The molecule has 180 valence electrons. The van der Waals surface area contributed by atoms with Crippen LogP contribution in [0.1, 0.15) is 52.4 Å². The van der Waals surface area contributed by atoms with Crippen molar-refractivity contribution in [2.75, 3.05) is 17.9 Å². The Balaban J connectivity index is 1.68. The number of carbonyl (C=O) groups is 1. The first-order chi connectivity index (χ1) is 16.1. The van der Waals surface area contributed by atoms with Crippen LogP contribution in [0.25, 0.3) is 0 Å². The molecule has 0 aliphatic rings. The molecule has 0 spiro atoms. The first-order valence-corrected chi connectivity index (χ1v) is 12.8. The number of ether oxygens (including phenoxy) is 1. The van der Waals surface area contributed by atoms with Crippen LogP contribution in [0.4, 0.5) is 5.69 Å². The van der Waals surface area contributed by atoms with Crippen molar-refractivity contribution < 1.29 is 17.9 Å². The highest BCUT2D eigenvalue weighted by Crippen LogP contribution is 2.26. The summed E-state index contributed by atoms with van der Waals surface area (Å²) in [5, 5.41) is 2.80. The summed E-state index contributed by atoms with van der Waals surface area (Å²) in [6.07, 6.45) is 0. The molecular weight excluding hydrogens is 448 g/mol. The minimum atomic E-state index is -3.87. The van der Waals surface area contributed by atoms with E-state index in [4.69, 9.17) is 4.74 Å². The Morgan fingerprint density at radius 2 is 1.65 bits per heavy atom. The van der Waals surface area contributed by atoms with Gasteiger partial charge in [-0.1, -0.05) is 50.2 Å². The van der Waals surface area contributed by atoms with E-state index in [1.165, 1.54) is 6.07 Å². The summed E-state index contributed by atoms with van der Waals surface area (Å²) in [5.74, 6) is 0.771. The smallest absolute Gasteiger partial charge is 0.262 e. The largest absolute Gasteiger partial charge is 0.491 e. The third kappa shape index (κ3) is 6.17. The fraction of sp³-hybridized carbons (Fsp3) is 0.296. The van der Waals surface area contributed by atoms with E-state index in [1.807, 2.05) is 50.2 Å². The Hall–Kier alpha value is -3.32. The minimum Gasteiger partial charge on any atom is -0.491 e. The van der Waals surface area contributed by atoms with Crippen LogP contribution in [0.2, 0.25) is 0 Å². The molecule has 0 aliphatic heterocycles. The van der Waals surface area contributed by atoms with Crippen LogP contribution in [0.3, 0.4) is 0 Å². The highest BCUT2D eigenvalue weighted by atomic mass is 32.2. The van der Waals surface area contributed by atoms with Crippen molar-refractivity contribution in [3.8, 4) is 5.75 Å². The predicted molar refractivity (Wildman–Crippen MR) is 136 cm³/mol. The van der Waals surface area contributed by atoms with Gasteiger partial charge in [-0.05, 0) is 73.2 Å². The second-order valence-corrected chi connectivity index (χ2v) is 10.4. The molecule has 3 aromatic carbocycles. The van der Waals surface area contributed by atoms with Crippen LogP contribution in [0, 0.1) is 20.8 Å². The molecule has 34 heavy (non-hydrogen) atoms. The number of aryl methyl sites for hydroxylation is 3. The molecule has 0 saturated heterocycles. The highest BCUT2D eigenvalue weighted by Gasteiger charge is 2.20. The zero-order chi connectivity index (χ0) is 24.9. The molecule has 1 amide bonds. The molecule has 0 radical (unpaired) electrons. The minimum absolute atomic E-state index is 0.0724. The lowest BCUT2D eigenvalue weighted by molar-refractivity contribution is 0.0946. The lowest BCUT2D eigenvalue weighted by Crippen LogP contribution is -2.28. The number of nitrogens with one attached hydrogen (secondary N) is 2. The van der Waals surface area contributed by atoms with Gasteiger partial charge in [0.2, 0.25) is 0 Å². The third-order valence-electron chi connectivity index (χ3n) is 5.56. The normalized spacial score (nSPS) is 11.4. The maximum absolute atomic E-state index is 13.1. The lowest BCUT2D eigenvalue weighted by atomic mass is 10.0. The highest BCUT2D eigenvalue weighted by molar-refractivity contribution is 7.92. The van der Waals surface area contributed by atoms with Gasteiger partial charge in [-0.2, -0.15) is 0 Å². The molecule has 0 unspecified atom stereocenters. The van der Waals surface area contributed by atoms with Gasteiger partial charge >= 0.3 is 0 Å². The van der Waals surface area contributed by atoms with Crippen molar-refractivity contribution >= 4 is 21.6 Å². The zero-order valence-electron chi connectivity index (χ0n) is 20.3. The van der Waals surface area contributed by atoms with Crippen molar-refractivity contribution in [3.63, 3.8) is 0 Å². The fourth-order valence-electron chi connectivity index (χ4n) is 3.59. The Morgan fingerprint density at radius 3 is 2.38 bits per heavy atom. The van der Waals surface area contributed by atoms with Crippen LogP contribution in [0.15, 0.2) is 65.6 Å². The van der Waals surface area contributed by atoms with Crippen LogP contribution in [-0.2, 0) is 10.0 Å².